The standard InChI is InChI=1S/C21H25NO2/c1-16(20(23)18-11-6-3-7-12-18)21(24)19-13-8-14-22(19)15-17-9-4-2-5-10-17/h2-7,9-12,16,19,21,24H,8,13-15H2,1H3. The highest BCUT2D eigenvalue weighted by atomic mass is 16.3. The van der Waals surface area contributed by atoms with Crippen LogP contribution in [0.4, 0.5) is 0 Å². The molecule has 0 bridgehead atoms. The average molecular weight is 323 g/mol. The summed E-state index contributed by atoms with van der Waals surface area (Å²) < 4.78 is 0. The van der Waals surface area contributed by atoms with Gasteiger partial charge in [-0.05, 0) is 24.9 Å². The number of carbonyl (C=O) groups is 1. The van der Waals surface area contributed by atoms with Crippen LogP contribution in [0.5, 0.6) is 0 Å². The van der Waals surface area contributed by atoms with Gasteiger partial charge < -0.3 is 5.11 Å². The molecule has 1 N–H and O–H groups in total. The minimum atomic E-state index is -0.635. The van der Waals surface area contributed by atoms with E-state index in [2.05, 4.69) is 17.0 Å². The minimum absolute atomic E-state index is 0.0228. The van der Waals surface area contributed by atoms with E-state index in [4.69, 9.17) is 0 Å². The first kappa shape index (κ1) is 16.9. The lowest BCUT2D eigenvalue weighted by molar-refractivity contribution is 0.0294. The van der Waals surface area contributed by atoms with Gasteiger partial charge in [0.2, 0.25) is 0 Å². The van der Waals surface area contributed by atoms with Gasteiger partial charge in [-0.1, -0.05) is 67.6 Å². The fourth-order valence-corrected chi connectivity index (χ4v) is 3.61. The van der Waals surface area contributed by atoms with Gasteiger partial charge in [0.1, 0.15) is 0 Å². The normalized spacial score (nSPS) is 20.7. The molecular formula is C21H25NO2. The van der Waals surface area contributed by atoms with Crippen molar-refractivity contribution in [1.82, 2.24) is 4.90 Å². The molecule has 0 radical (unpaired) electrons. The largest absolute Gasteiger partial charge is 0.391 e. The number of hydrogen-bond acceptors (Lipinski definition) is 3. The third-order valence-corrected chi connectivity index (χ3v) is 5.02. The van der Waals surface area contributed by atoms with Crippen LogP contribution in [-0.2, 0) is 6.54 Å². The number of Topliss-reactive ketones (excluding diaryl/α,β-unsaturated/α-hetero) is 1. The Morgan fingerprint density at radius 2 is 1.75 bits per heavy atom. The van der Waals surface area contributed by atoms with Crippen LogP contribution < -0.4 is 0 Å². The highest BCUT2D eigenvalue weighted by Crippen LogP contribution is 2.27. The maximum Gasteiger partial charge on any atom is 0.168 e. The molecule has 2 aromatic carbocycles. The predicted molar refractivity (Wildman–Crippen MR) is 95.8 cm³/mol. The second-order valence-electron chi connectivity index (χ2n) is 6.68. The Morgan fingerprint density at radius 3 is 2.42 bits per heavy atom. The zero-order valence-electron chi connectivity index (χ0n) is 14.1. The van der Waals surface area contributed by atoms with Gasteiger partial charge in [0, 0.05) is 24.1 Å². The quantitative estimate of drug-likeness (QED) is 0.827. The van der Waals surface area contributed by atoms with Gasteiger partial charge in [0.25, 0.3) is 0 Å². The summed E-state index contributed by atoms with van der Waals surface area (Å²) in [6.45, 7) is 3.65. The van der Waals surface area contributed by atoms with Gasteiger partial charge >= 0.3 is 0 Å². The summed E-state index contributed by atoms with van der Waals surface area (Å²) in [6.07, 6.45) is 1.38. The van der Waals surface area contributed by atoms with E-state index in [9.17, 15) is 9.90 Å². The van der Waals surface area contributed by atoms with E-state index in [0.29, 0.717) is 5.56 Å². The maximum absolute atomic E-state index is 12.6. The number of ketones is 1. The van der Waals surface area contributed by atoms with Crippen LogP contribution in [0.1, 0.15) is 35.7 Å². The molecule has 0 amide bonds. The fourth-order valence-electron chi connectivity index (χ4n) is 3.61. The van der Waals surface area contributed by atoms with E-state index in [1.807, 2.05) is 55.5 Å². The number of benzene rings is 2. The van der Waals surface area contributed by atoms with Crippen LogP contribution in [0.25, 0.3) is 0 Å². The molecule has 1 fully saturated rings. The molecule has 3 nitrogen and oxygen atoms in total. The van der Waals surface area contributed by atoms with Crippen LogP contribution in [0.2, 0.25) is 0 Å². The Kier molecular flexibility index (Phi) is 5.44. The van der Waals surface area contributed by atoms with E-state index < -0.39 is 12.0 Å². The zero-order valence-corrected chi connectivity index (χ0v) is 14.1. The highest BCUT2D eigenvalue weighted by Gasteiger charge is 2.36. The van der Waals surface area contributed by atoms with Gasteiger partial charge in [-0.15, -0.1) is 0 Å². The molecule has 126 valence electrons. The molecule has 2 aromatic rings. The van der Waals surface area contributed by atoms with Crippen molar-refractivity contribution in [2.24, 2.45) is 5.92 Å². The predicted octanol–water partition coefficient (Wildman–Crippen LogP) is 3.53. The Balaban J connectivity index is 1.68. The molecule has 1 aliphatic rings. The highest BCUT2D eigenvalue weighted by molar-refractivity contribution is 5.98. The molecule has 1 heterocycles. The third kappa shape index (κ3) is 3.74. The molecule has 3 heteroatoms. The second kappa shape index (κ2) is 7.73. The molecule has 3 unspecified atom stereocenters. The molecule has 0 aromatic heterocycles. The molecule has 0 saturated carbocycles. The van der Waals surface area contributed by atoms with Crippen molar-refractivity contribution < 1.29 is 9.90 Å². The Hall–Kier alpha value is -1.97. The molecule has 3 rings (SSSR count). The third-order valence-electron chi connectivity index (χ3n) is 5.02. The van der Waals surface area contributed by atoms with Crippen molar-refractivity contribution in [1.29, 1.82) is 0 Å². The fraction of sp³-hybridized carbons (Fsp3) is 0.381. The van der Waals surface area contributed by atoms with Crippen molar-refractivity contribution in [3.63, 3.8) is 0 Å². The van der Waals surface area contributed by atoms with Crippen LogP contribution in [0, 0.1) is 5.92 Å². The smallest absolute Gasteiger partial charge is 0.168 e. The monoisotopic (exact) mass is 323 g/mol. The van der Waals surface area contributed by atoms with E-state index in [0.717, 1.165) is 25.9 Å². The first-order chi connectivity index (χ1) is 11.7. The number of aliphatic hydroxyl groups excluding tert-OH is 1. The Morgan fingerprint density at radius 1 is 1.12 bits per heavy atom. The summed E-state index contributed by atoms with van der Waals surface area (Å²) >= 11 is 0. The van der Waals surface area contributed by atoms with Gasteiger partial charge in [0.05, 0.1) is 6.10 Å². The summed E-state index contributed by atoms with van der Waals surface area (Å²) in [5.41, 5.74) is 1.93. The maximum atomic E-state index is 12.6. The van der Waals surface area contributed by atoms with Crippen molar-refractivity contribution >= 4 is 5.78 Å². The molecule has 3 atom stereocenters. The van der Waals surface area contributed by atoms with Gasteiger partial charge in [-0.2, -0.15) is 0 Å². The summed E-state index contributed by atoms with van der Waals surface area (Å²) in [7, 11) is 0. The number of nitrogens with zero attached hydrogens (tertiary/aromatic N) is 1. The molecule has 1 aliphatic heterocycles. The van der Waals surface area contributed by atoms with E-state index >= 15 is 0 Å². The minimum Gasteiger partial charge on any atom is -0.391 e. The van der Waals surface area contributed by atoms with E-state index in [-0.39, 0.29) is 11.8 Å². The number of likely N-dealkylation sites (tertiary alicyclic amines) is 1. The molecular weight excluding hydrogens is 298 g/mol. The van der Waals surface area contributed by atoms with Crippen molar-refractivity contribution in [2.75, 3.05) is 6.54 Å². The first-order valence-electron chi connectivity index (χ1n) is 8.72. The van der Waals surface area contributed by atoms with E-state index in [1.54, 1.807) is 0 Å². The lowest BCUT2D eigenvalue weighted by Crippen LogP contribution is -2.44. The second-order valence-corrected chi connectivity index (χ2v) is 6.68. The summed E-state index contributed by atoms with van der Waals surface area (Å²) in [5, 5.41) is 10.8. The van der Waals surface area contributed by atoms with Crippen LogP contribution in [-0.4, -0.2) is 34.5 Å². The number of carbonyl (C=O) groups excluding carboxylic acids is 1. The van der Waals surface area contributed by atoms with Crippen molar-refractivity contribution in [3.8, 4) is 0 Å². The lowest BCUT2D eigenvalue weighted by Gasteiger charge is -2.31. The molecule has 0 spiro atoms. The Labute approximate surface area is 143 Å². The molecule has 1 saturated heterocycles. The van der Waals surface area contributed by atoms with Gasteiger partial charge in [0.15, 0.2) is 5.78 Å². The topological polar surface area (TPSA) is 40.5 Å². The van der Waals surface area contributed by atoms with Gasteiger partial charge in [-0.25, -0.2) is 0 Å². The van der Waals surface area contributed by atoms with Crippen molar-refractivity contribution in [3.05, 3.63) is 71.8 Å². The number of aliphatic hydroxyl groups is 1. The first-order valence-corrected chi connectivity index (χ1v) is 8.72. The summed E-state index contributed by atoms with van der Waals surface area (Å²) in [5.74, 6) is -0.372. The number of rotatable bonds is 6. The van der Waals surface area contributed by atoms with Crippen LogP contribution in [0.3, 0.4) is 0 Å². The molecule has 24 heavy (non-hydrogen) atoms. The SMILES string of the molecule is CC(C(=O)c1ccccc1)C(O)C1CCCN1Cc1ccccc1. The van der Waals surface area contributed by atoms with Crippen LogP contribution >= 0.6 is 0 Å². The average Bonchev–Trinajstić information content (AvgIpc) is 3.09. The summed E-state index contributed by atoms with van der Waals surface area (Å²) in [4.78, 5) is 14.9. The van der Waals surface area contributed by atoms with E-state index in [1.165, 1.54) is 5.56 Å². The van der Waals surface area contributed by atoms with Gasteiger partial charge in [-0.3, -0.25) is 9.69 Å². The lowest BCUT2D eigenvalue weighted by atomic mass is 9.89. The van der Waals surface area contributed by atoms with Crippen molar-refractivity contribution in [2.45, 2.75) is 38.5 Å². The van der Waals surface area contributed by atoms with Crippen LogP contribution in [0.15, 0.2) is 60.7 Å². The summed E-state index contributed by atoms with van der Waals surface area (Å²) in [6, 6.07) is 19.6. The Bertz CT molecular complexity index is 656. The zero-order chi connectivity index (χ0) is 16.9. The molecule has 0 aliphatic carbocycles. The number of hydrogen-bond donors (Lipinski definition) is 1.